The summed E-state index contributed by atoms with van der Waals surface area (Å²) in [6, 6.07) is 3.70. The number of nitrogens with zero attached hydrogens (tertiary/aromatic N) is 1. The molecule has 1 aromatic heterocycles. The second-order valence-electron chi connectivity index (χ2n) is 6.52. The number of hydrogen-bond donors (Lipinski definition) is 3. The fourth-order valence-electron chi connectivity index (χ4n) is 2.07. The number of ether oxygens (including phenoxy) is 1. The van der Waals surface area contributed by atoms with Gasteiger partial charge in [0.25, 0.3) is 0 Å². The minimum Gasteiger partial charge on any atom is -0.467 e. The highest BCUT2D eigenvalue weighted by Crippen LogP contribution is 2.07. The number of carbonyl (C=O) groups is 1. The van der Waals surface area contributed by atoms with Crippen LogP contribution in [0.1, 0.15) is 46.3 Å². The third-order valence-electron chi connectivity index (χ3n) is 3.11. The second-order valence-corrected chi connectivity index (χ2v) is 6.52. The van der Waals surface area contributed by atoms with Crippen LogP contribution in [0.15, 0.2) is 27.8 Å². The number of carbonyl (C=O) groups excluding carboxylic acids is 1. The van der Waals surface area contributed by atoms with Crippen molar-refractivity contribution in [1.29, 1.82) is 0 Å². The lowest BCUT2D eigenvalue weighted by Gasteiger charge is -2.24. The molecule has 0 spiro atoms. The number of halogens is 1. The van der Waals surface area contributed by atoms with Gasteiger partial charge in [-0.3, -0.25) is 4.99 Å². The van der Waals surface area contributed by atoms with Gasteiger partial charge >= 0.3 is 6.09 Å². The summed E-state index contributed by atoms with van der Waals surface area (Å²) < 4.78 is 10.6. The summed E-state index contributed by atoms with van der Waals surface area (Å²) in [5, 5.41) is 9.27. The monoisotopic (exact) mass is 466 g/mol. The molecule has 1 heterocycles. The van der Waals surface area contributed by atoms with Gasteiger partial charge < -0.3 is 25.1 Å². The highest BCUT2D eigenvalue weighted by atomic mass is 127. The van der Waals surface area contributed by atoms with Crippen LogP contribution >= 0.6 is 24.0 Å². The van der Waals surface area contributed by atoms with Crippen LogP contribution in [0, 0.1) is 0 Å². The Morgan fingerprint density at radius 2 is 2.08 bits per heavy atom. The number of alkyl carbamates (subject to hydrolysis) is 1. The van der Waals surface area contributed by atoms with E-state index in [0.29, 0.717) is 19.0 Å². The smallest absolute Gasteiger partial charge is 0.407 e. The molecule has 0 bridgehead atoms. The molecule has 0 aliphatic carbocycles. The summed E-state index contributed by atoms with van der Waals surface area (Å²) in [4.78, 5) is 16.1. The first kappa shape index (κ1) is 23.5. The Morgan fingerprint density at radius 1 is 1.36 bits per heavy atom. The Kier molecular flexibility index (Phi) is 11.3. The number of hydrogen-bond acceptors (Lipinski definition) is 4. The summed E-state index contributed by atoms with van der Waals surface area (Å²) in [6.07, 6.45) is 3.04. The van der Waals surface area contributed by atoms with Gasteiger partial charge in [0.15, 0.2) is 5.96 Å². The number of aliphatic imine (C=N–C) groups is 1. The fourth-order valence-corrected chi connectivity index (χ4v) is 2.07. The average molecular weight is 466 g/mol. The van der Waals surface area contributed by atoms with E-state index in [-0.39, 0.29) is 30.0 Å². The van der Waals surface area contributed by atoms with Crippen molar-refractivity contribution in [1.82, 2.24) is 16.0 Å². The third kappa shape index (κ3) is 10.9. The Bertz CT molecular complexity index is 512. The lowest BCUT2D eigenvalue weighted by atomic mass is 10.1. The van der Waals surface area contributed by atoms with E-state index >= 15 is 0 Å². The van der Waals surface area contributed by atoms with Crippen molar-refractivity contribution in [3.05, 3.63) is 24.2 Å². The number of furan rings is 1. The van der Waals surface area contributed by atoms with Crippen molar-refractivity contribution in [3.8, 4) is 0 Å². The topological polar surface area (TPSA) is 87.9 Å². The van der Waals surface area contributed by atoms with Gasteiger partial charge in [-0.1, -0.05) is 13.3 Å². The van der Waals surface area contributed by atoms with Crippen LogP contribution in [0.25, 0.3) is 0 Å². The van der Waals surface area contributed by atoms with E-state index in [2.05, 4.69) is 27.9 Å². The zero-order chi connectivity index (χ0) is 18.0. The maximum Gasteiger partial charge on any atom is 0.407 e. The Balaban J connectivity index is 0.00000576. The van der Waals surface area contributed by atoms with Gasteiger partial charge in [0.05, 0.1) is 12.8 Å². The molecule has 0 aliphatic rings. The van der Waals surface area contributed by atoms with Gasteiger partial charge in [-0.05, 0) is 39.3 Å². The minimum absolute atomic E-state index is 0. The van der Waals surface area contributed by atoms with E-state index in [1.807, 2.05) is 32.9 Å². The minimum atomic E-state index is -0.505. The summed E-state index contributed by atoms with van der Waals surface area (Å²) in [6.45, 7) is 8.73. The predicted molar refractivity (Wildman–Crippen MR) is 110 cm³/mol. The second kappa shape index (κ2) is 12.0. The first-order valence-corrected chi connectivity index (χ1v) is 8.30. The number of nitrogens with one attached hydrogen (secondary N) is 3. The number of guanidine groups is 1. The van der Waals surface area contributed by atoms with E-state index in [1.54, 1.807) is 13.3 Å². The molecule has 0 saturated heterocycles. The van der Waals surface area contributed by atoms with E-state index in [1.165, 1.54) is 0 Å². The first-order chi connectivity index (χ1) is 11.3. The van der Waals surface area contributed by atoms with Gasteiger partial charge in [-0.2, -0.15) is 0 Å². The normalized spacial score (nSPS) is 12.8. The molecule has 0 saturated carbocycles. The lowest BCUT2D eigenvalue weighted by molar-refractivity contribution is 0.0502. The van der Waals surface area contributed by atoms with Gasteiger partial charge in [-0.25, -0.2) is 4.79 Å². The van der Waals surface area contributed by atoms with E-state index in [9.17, 15) is 4.79 Å². The van der Waals surface area contributed by atoms with Crippen LogP contribution in [0.3, 0.4) is 0 Å². The van der Waals surface area contributed by atoms with Gasteiger partial charge in [0.1, 0.15) is 11.4 Å². The molecular formula is C17H31IN4O3. The van der Waals surface area contributed by atoms with Crippen LogP contribution in [0.4, 0.5) is 4.79 Å². The standard InChI is InChI=1S/C17H30N4O3.HI/c1-6-8-13(21-16(22)24-17(2,3)4)11-19-15(18-5)20-12-14-9-7-10-23-14;/h7,9-10,13H,6,8,11-12H2,1-5H3,(H,21,22)(H2,18,19,20);1H. The molecule has 1 aromatic rings. The molecule has 1 amide bonds. The van der Waals surface area contributed by atoms with Crippen molar-refractivity contribution in [2.45, 2.75) is 58.7 Å². The SMILES string of the molecule is CCCC(CNC(=NC)NCc1ccco1)NC(=O)OC(C)(C)C.I. The maximum absolute atomic E-state index is 11.9. The van der Waals surface area contributed by atoms with Crippen molar-refractivity contribution < 1.29 is 13.9 Å². The molecule has 7 nitrogen and oxygen atoms in total. The van der Waals surface area contributed by atoms with Crippen LogP contribution in [-0.2, 0) is 11.3 Å². The summed E-state index contributed by atoms with van der Waals surface area (Å²) in [7, 11) is 1.70. The molecule has 144 valence electrons. The van der Waals surface area contributed by atoms with Crippen LogP contribution < -0.4 is 16.0 Å². The highest BCUT2D eigenvalue weighted by Gasteiger charge is 2.19. The lowest BCUT2D eigenvalue weighted by Crippen LogP contribution is -2.48. The summed E-state index contributed by atoms with van der Waals surface area (Å²) >= 11 is 0. The Morgan fingerprint density at radius 3 is 2.60 bits per heavy atom. The molecular weight excluding hydrogens is 435 g/mol. The van der Waals surface area contributed by atoms with E-state index in [0.717, 1.165) is 18.6 Å². The molecule has 0 radical (unpaired) electrons. The zero-order valence-electron chi connectivity index (χ0n) is 15.7. The predicted octanol–water partition coefficient (Wildman–Crippen LogP) is 3.26. The van der Waals surface area contributed by atoms with Crippen molar-refractivity contribution in [2.24, 2.45) is 4.99 Å². The third-order valence-corrected chi connectivity index (χ3v) is 3.11. The molecule has 0 aliphatic heterocycles. The highest BCUT2D eigenvalue weighted by molar-refractivity contribution is 14.0. The van der Waals surface area contributed by atoms with Crippen molar-refractivity contribution in [2.75, 3.05) is 13.6 Å². The molecule has 1 rings (SSSR count). The fraction of sp³-hybridized carbons (Fsp3) is 0.647. The number of rotatable bonds is 7. The van der Waals surface area contributed by atoms with Crippen LogP contribution in [0.5, 0.6) is 0 Å². The first-order valence-electron chi connectivity index (χ1n) is 8.30. The van der Waals surface area contributed by atoms with Crippen LogP contribution in [-0.4, -0.2) is 37.3 Å². The molecule has 3 N–H and O–H groups in total. The van der Waals surface area contributed by atoms with E-state index in [4.69, 9.17) is 9.15 Å². The van der Waals surface area contributed by atoms with Gasteiger partial charge in [0.2, 0.25) is 0 Å². The van der Waals surface area contributed by atoms with Crippen molar-refractivity contribution >= 4 is 36.0 Å². The summed E-state index contributed by atoms with van der Waals surface area (Å²) in [5.74, 6) is 1.48. The molecule has 1 unspecified atom stereocenters. The van der Waals surface area contributed by atoms with Gasteiger partial charge in [-0.15, -0.1) is 24.0 Å². The van der Waals surface area contributed by atoms with Crippen LogP contribution in [0.2, 0.25) is 0 Å². The Hall–Kier alpha value is -1.45. The largest absolute Gasteiger partial charge is 0.467 e. The van der Waals surface area contributed by atoms with Gasteiger partial charge in [0, 0.05) is 19.6 Å². The Labute approximate surface area is 167 Å². The average Bonchev–Trinajstić information content (AvgIpc) is 2.98. The van der Waals surface area contributed by atoms with Crippen molar-refractivity contribution in [3.63, 3.8) is 0 Å². The number of amides is 1. The van der Waals surface area contributed by atoms with E-state index < -0.39 is 11.7 Å². The quantitative estimate of drug-likeness (QED) is 0.326. The molecule has 1 atom stereocenters. The molecule has 25 heavy (non-hydrogen) atoms. The summed E-state index contributed by atoms with van der Waals surface area (Å²) in [5.41, 5.74) is -0.505. The molecule has 8 heteroatoms. The molecule has 0 fully saturated rings. The zero-order valence-corrected chi connectivity index (χ0v) is 18.0. The molecule has 0 aromatic carbocycles. The maximum atomic E-state index is 11.9.